The van der Waals surface area contributed by atoms with Gasteiger partial charge in [-0.15, -0.1) is 0 Å². The molecule has 0 fully saturated rings. The number of halogens is 2. The fourth-order valence-electron chi connectivity index (χ4n) is 2.26. The molecule has 25 heavy (non-hydrogen) atoms. The lowest BCUT2D eigenvalue weighted by atomic mass is 10.2. The van der Waals surface area contributed by atoms with Gasteiger partial charge in [-0.25, -0.2) is 13.8 Å². The van der Waals surface area contributed by atoms with Crippen molar-refractivity contribution in [3.63, 3.8) is 0 Å². The minimum atomic E-state index is -0.871. The van der Waals surface area contributed by atoms with Crippen LogP contribution < -0.4 is 10.6 Å². The van der Waals surface area contributed by atoms with Crippen molar-refractivity contribution in [3.05, 3.63) is 65.9 Å². The highest BCUT2D eigenvalue weighted by atomic mass is 19.2. The van der Waals surface area contributed by atoms with E-state index in [0.29, 0.717) is 36.1 Å². The number of hydrogen-bond donors (Lipinski definition) is 2. The third-order valence-corrected chi connectivity index (χ3v) is 3.45. The average Bonchev–Trinajstić information content (AvgIpc) is 2.63. The van der Waals surface area contributed by atoms with Crippen molar-refractivity contribution in [2.24, 2.45) is 0 Å². The average molecular weight is 341 g/mol. The van der Waals surface area contributed by atoms with Crippen LogP contribution in [0.25, 0.3) is 11.4 Å². The van der Waals surface area contributed by atoms with Gasteiger partial charge in [-0.3, -0.25) is 4.98 Å². The summed E-state index contributed by atoms with van der Waals surface area (Å²) in [7, 11) is 0. The van der Waals surface area contributed by atoms with Crippen LogP contribution in [0.1, 0.15) is 12.5 Å². The Bertz CT molecular complexity index is 855. The monoisotopic (exact) mass is 341 g/mol. The summed E-state index contributed by atoms with van der Waals surface area (Å²) in [6.45, 7) is 2.93. The third kappa shape index (κ3) is 4.26. The summed E-state index contributed by atoms with van der Waals surface area (Å²) in [4.78, 5) is 13.1. The molecule has 0 saturated heterocycles. The first-order valence-electron chi connectivity index (χ1n) is 7.88. The van der Waals surface area contributed by atoms with Crippen LogP contribution in [0.5, 0.6) is 0 Å². The molecule has 0 bridgehead atoms. The molecule has 0 aliphatic rings. The van der Waals surface area contributed by atoms with Gasteiger partial charge in [0.25, 0.3) is 0 Å². The van der Waals surface area contributed by atoms with E-state index in [0.717, 1.165) is 17.8 Å². The zero-order chi connectivity index (χ0) is 17.6. The highest BCUT2D eigenvalue weighted by Crippen LogP contribution is 2.20. The van der Waals surface area contributed by atoms with Gasteiger partial charge in [-0.2, -0.15) is 4.98 Å². The first-order valence-corrected chi connectivity index (χ1v) is 7.88. The molecule has 128 valence electrons. The van der Waals surface area contributed by atoms with Gasteiger partial charge in [0.1, 0.15) is 5.82 Å². The molecule has 3 rings (SSSR count). The first kappa shape index (κ1) is 16.8. The standard InChI is InChI=1S/C18H17F2N5/c1-2-21-18-24-16(15-5-3-4-8-22-15)10-17(25-18)23-11-12-6-7-13(19)14(20)9-12/h3-10H,2,11H2,1H3,(H2,21,23,24,25). The number of pyridine rings is 1. The maximum Gasteiger partial charge on any atom is 0.225 e. The molecule has 0 spiro atoms. The van der Waals surface area contributed by atoms with E-state index >= 15 is 0 Å². The predicted octanol–water partition coefficient (Wildman–Crippen LogP) is 3.86. The summed E-state index contributed by atoms with van der Waals surface area (Å²) >= 11 is 0. The molecule has 0 atom stereocenters. The van der Waals surface area contributed by atoms with Crippen LogP contribution in [0.2, 0.25) is 0 Å². The fourth-order valence-corrected chi connectivity index (χ4v) is 2.26. The number of nitrogens with one attached hydrogen (secondary N) is 2. The fraction of sp³-hybridized carbons (Fsp3) is 0.167. The summed E-state index contributed by atoms with van der Waals surface area (Å²) in [5, 5.41) is 6.18. The molecular formula is C18H17F2N5. The van der Waals surface area contributed by atoms with Gasteiger partial charge < -0.3 is 10.6 Å². The molecule has 7 heteroatoms. The van der Waals surface area contributed by atoms with E-state index in [1.54, 1.807) is 12.3 Å². The SMILES string of the molecule is CCNc1nc(NCc2ccc(F)c(F)c2)cc(-c2ccccn2)n1. The topological polar surface area (TPSA) is 62.7 Å². The van der Waals surface area contributed by atoms with E-state index in [-0.39, 0.29) is 0 Å². The van der Waals surface area contributed by atoms with Crippen LogP contribution in [-0.4, -0.2) is 21.5 Å². The molecule has 0 aliphatic carbocycles. The summed E-state index contributed by atoms with van der Waals surface area (Å²) in [5.74, 6) is -0.697. The molecule has 0 saturated carbocycles. The van der Waals surface area contributed by atoms with Gasteiger partial charge in [0, 0.05) is 25.4 Å². The second kappa shape index (κ2) is 7.65. The molecule has 0 radical (unpaired) electrons. The molecule has 0 aliphatic heterocycles. The van der Waals surface area contributed by atoms with Crippen LogP contribution in [-0.2, 0) is 6.54 Å². The highest BCUT2D eigenvalue weighted by molar-refractivity contribution is 5.60. The van der Waals surface area contributed by atoms with Crippen molar-refractivity contribution in [1.29, 1.82) is 0 Å². The first-order chi connectivity index (χ1) is 12.2. The molecule has 0 unspecified atom stereocenters. The molecule has 0 amide bonds. The van der Waals surface area contributed by atoms with Gasteiger partial charge in [0.2, 0.25) is 5.95 Å². The molecule has 2 N–H and O–H groups in total. The predicted molar refractivity (Wildman–Crippen MR) is 93.1 cm³/mol. The lowest BCUT2D eigenvalue weighted by Crippen LogP contribution is -2.08. The van der Waals surface area contributed by atoms with Gasteiger partial charge >= 0.3 is 0 Å². The quantitative estimate of drug-likeness (QED) is 0.713. The molecule has 1 aromatic carbocycles. The van der Waals surface area contributed by atoms with E-state index in [1.807, 2.05) is 25.1 Å². The lowest BCUT2D eigenvalue weighted by molar-refractivity contribution is 0.507. The summed E-state index contributed by atoms with van der Waals surface area (Å²) in [5.41, 5.74) is 2.00. The molecule has 5 nitrogen and oxygen atoms in total. The van der Waals surface area contributed by atoms with Crippen molar-refractivity contribution in [1.82, 2.24) is 15.0 Å². The number of benzene rings is 1. The summed E-state index contributed by atoms with van der Waals surface area (Å²) in [6.07, 6.45) is 1.69. The molecule has 3 aromatic rings. The Balaban J connectivity index is 1.84. The summed E-state index contributed by atoms with van der Waals surface area (Å²) in [6, 6.07) is 11.1. The number of hydrogen-bond acceptors (Lipinski definition) is 5. The van der Waals surface area contributed by atoms with Crippen LogP contribution in [0.15, 0.2) is 48.7 Å². The summed E-state index contributed by atoms with van der Waals surface area (Å²) < 4.78 is 26.3. The maximum absolute atomic E-state index is 13.3. The number of rotatable bonds is 6. The van der Waals surface area contributed by atoms with E-state index in [1.165, 1.54) is 6.07 Å². The Morgan fingerprint density at radius 3 is 2.52 bits per heavy atom. The van der Waals surface area contributed by atoms with Crippen LogP contribution in [0, 0.1) is 11.6 Å². The second-order valence-electron chi connectivity index (χ2n) is 5.31. The number of anilines is 2. The molecule has 2 heterocycles. The highest BCUT2D eigenvalue weighted by Gasteiger charge is 2.08. The van der Waals surface area contributed by atoms with Crippen molar-refractivity contribution in [2.75, 3.05) is 17.2 Å². The van der Waals surface area contributed by atoms with E-state index in [4.69, 9.17) is 0 Å². The zero-order valence-electron chi connectivity index (χ0n) is 13.6. The van der Waals surface area contributed by atoms with Gasteiger partial charge in [0.05, 0.1) is 11.4 Å². The van der Waals surface area contributed by atoms with Crippen molar-refractivity contribution in [2.45, 2.75) is 13.5 Å². The Labute approximate surface area is 144 Å². The largest absolute Gasteiger partial charge is 0.366 e. The lowest BCUT2D eigenvalue weighted by Gasteiger charge is -2.10. The van der Waals surface area contributed by atoms with E-state index in [9.17, 15) is 8.78 Å². The van der Waals surface area contributed by atoms with Crippen LogP contribution >= 0.6 is 0 Å². The Morgan fingerprint density at radius 1 is 0.920 bits per heavy atom. The minimum absolute atomic E-state index is 0.307. The minimum Gasteiger partial charge on any atom is -0.366 e. The number of aromatic nitrogens is 3. The van der Waals surface area contributed by atoms with E-state index < -0.39 is 11.6 Å². The molecular weight excluding hydrogens is 324 g/mol. The van der Waals surface area contributed by atoms with Gasteiger partial charge in [-0.1, -0.05) is 12.1 Å². The molecule has 2 aromatic heterocycles. The Hall–Kier alpha value is -3.09. The number of nitrogens with zero attached hydrogens (tertiary/aromatic N) is 3. The van der Waals surface area contributed by atoms with E-state index in [2.05, 4.69) is 25.6 Å². The van der Waals surface area contributed by atoms with Crippen molar-refractivity contribution in [3.8, 4) is 11.4 Å². The van der Waals surface area contributed by atoms with Crippen molar-refractivity contribution >= 4 is 11.8 Å². The van der Waals surface area contributed by atoms with Crippen molar-refractivity contribution < 1.29 is 8.78 Å². The Kier molecular flexibility index (Phi) is 5.13. The van der Waals surface area contributed by atoms with Crippen LogP contribution in [0.3, 0.4) is 0 Å². The zero-order valence-corrected chi connectivity index (χ0v) is 13.6. The Morgan fingerprint density at radius 2 is 1.80 bits per heavy atom. The smallest absolute Gasteiger partial charge is 0.225 e. The normalized spacial score (nSPS) is 10.5. The van der Waals surface area contributed by atoms with Crippen LogP contribution in [0.4, 0.5) is 20.5 Å². The maximum atomic E-state index is 13.3. The van der Waals surface area contributed by atoms with Gasteiger partial charge in [-0.05, 0) is 36.8 Å². The van der Waals surface area contributed by atoms with Gasteiger partial charge in [0.15, 0.2) is 11.6 Å². The third-order valence-electron chi connectivity index (χ3n) is 3.45. The second-order valence-corrected chi connectivity index (χ2v) is 5.31.